The van der Waals surface area contributed by atoms with Crippen LogP contribution in [0.1, 0.15) is 23.2 Å². The Morgan fingerprint density at radius 1 is 1.33 bits per heavy atom. The Morgan fingerprint density at radius 2 is 2.07 bits per heavy atom. The lowest BCUT2D eigenvalue weighted by Crippen LogP contribution is -2.40. The minimum Gasteiger partial charge on any atom is -0.496 e. The molecule has 0 atom stereocenters. The number of ether oxygens (including phenoxy) is 2. The molecule has 2 aromatic heterocycles. The Kier molecular flexibility index (Phi) is 6.01. The molecule has 1 amide bonds. The maximum Gasteiger partial charge on any atom is 0.259 e. The number of rotatable bonds is 5. The van der Waals surface area contributed by atoms with Crippen molar-refractivity contribution in [3.63, 3.8) is 0 Å². The molecule has 0 radical (unpaired) electrons. The molecule has 0 aromatic carbocycles. The van der Waals surface area contributed by atoms with Gasteiger partial charge in [0.1, 0.15) is 16.5 Å². The summed E-state index contributed by atoms with van der Waals surface area (Å²) < 4.78 is 12.4. The molecule has 27 heavy (non-hydrogen) atoms. The van der Waals surface area contributed by atoms with Gasteiger partial charge in [-0.1, -0.05) is 11.6 Å². The maximum absolute atomic E-state index is 12.8. The summed E-state index contributed by atoms with van der Waals surface area (Å²) in [6.45, 7) is 1.81. The molecular weight excluding hydrogens is 370 g/mol. The number of hydrogen-bond donors (Lipinski definition) is 0. The minimum atomic E-state index is -0.214. The van der Waals surface area contributed by atoms with Gasteiger partial charge in [0.25, 0.3) is 11.5 Å². The van der Waals surface area contributed by atoms with Gasteiger partial charge in [-0.2, -0.15) is 0 Å². The Bertz CT molecular complexity index is 875. The molecule has 0 aliphatic carbocycles. The second kappa shape index (κ2) is 8.43. The summed E-state index contributed by atoms with van der Waals surface area (Å²) in [5, 5.41) is 0.492. The number of carbonyl (C=O) groups excluding carboxylic acids is 1. The molecule has 1 fully saturated rings. The lowest BCUT2D eigenvalue weighted by Gasteiger charge is -2.32. The van der Waals surface area contributed by atoms with E-state index >= 15 is 0 Å². The second-order valence-corrected chi connectivity index (χ2v) is 6.96. The fourth-order valence-corrected chi connectivity index (χ4v) is 3.28. The second-order valence-electron chi connectivity index (χ2n) is 6.56. The van der Waals surface area contributed by atoms with E-state index in [1.54, 1.807) is 30.4 Å². The van der Waals surface area contributed by atoms with Crippen molar-refractivity contribution in [2.45, 2.75) is 12.8 Å². The normalized spacial score (nSPS) is 14.9. The summed E-state index contributed by atoms with van der Waals surface area (Å²) in [6, 6.07) is 3.08. The standard InChI is InChI=1S/C19H22ClN3O4/c1-22-11-14(17(26-2)9-18(22)24)19(25)23-7-4-13(5-8-23)12-27-16-3-6-21-10-15(16)20/h3,6,9-11,13H,4-5,7-8,12H2,1-2H3. The fraction of sp³-hybridized carbons (Fsp3) is 0.421. The van der Waals surface area contributed by atoms with Crippen molar-refractivity contribution in [3.05, 3.63) is 51.7 Å². The fourth-order valence-electron chi connectivity index (χ4n) is 3.10. The van der Waals surface area contributed by atoms with E-state index in [-0.39, 0.29) is 11.5 Å². The van der Waals surface area contributed by atoms with Crippen molar-refractivity contribution in [3.8, 4) is 11.5 Å². The lowest BCUT2D eigenvalue weighted by molar-refractivity contribution is 0.0657. The predicted molar refractivity (Wildman–Crippen MR) is 102 cm³/mol. The minimum absolute atomic E-state index is 0.126. The van der Waals surface area contributed by atoms with E-state index in [0.29, 0.717) is 47.7 Å². The van der Waals surface area contributed by atoms with E-state index in [2.05, 4.69) is 4.98 Å². The van der Waals surface area contributed by atoms with Crippen LogP contribution in [-0.2, 0) is 7.05 Å². The van der Waals surface area contributed by atoms with Gasteiger partial charge in [-0.15, -0.1) is 0 Å². The number of methoxy groups -OCH3 is 1. The Labute approximate surface area is 162 Å². The molecule has 0 saturated carbocycles. The van der Waals surface area contributed by atoms with Crippen LogP contribution in [0.25, 0.3) is 0 Å². The van der Waals surface area contributed by atoms with Gasteiger partial charge >= 0.3 is 0 Å². The zero-order valence-electron chi connectivity index (χ0n) is 15.4. The first-order valence-corrected chi connectivity index (χ1v) is 9.13. The number of amides is 1. The summed E-state index contributed by atoms with van der Waals surface area (Å²) in [4.78, 5) is 30.3. The molecule has 3 rings (SSSR count). The Hall–Kier alpha value is -2.54. The van der Waals surface area contributed by atoms with E-state index in [0.717, 1.165) is 12.8 Å². The van der Waals surface area contributed by atoms with E-state index in [4.69, 9.17) is 21.1 Å². The highest BCUT2D eigenvalue weighted by atomic mass is 35.5. The van der Waals surface area contributed by atoms with Gasteiger partial charge in [0.05, 0.1) is 19.3 Å². The summed E-state index contributed by atoms with van der Waals surface area (Å²) >= 11 is 6.05. The number of nitrogens with zero attached hydrogens (tertiary/aromatic N) is 3. The van der Waals surface area contributed by atoms with Crippen molar-refractivity contribution in [2.75, 3.05) is 26.8 Å². The number of piperidine rings is 1. The first-order valence-electron chi connectivity index (χ1n) is 8.76. The van der Waals surface area contributed by atoms with Crippen LogP contribution in [0.15, 0.2) is 35.5 Å². The van der Waals surface area contributed by atoms with Crippen LogP contribution in [-0.4, -0.2) is 47.2 Å². The van der Waals surface area contributed by atoms with Gasteiger partial charge in [-0.25, -0.2) is 0 Å². The SMILES string of the molecule is COc1cc(=O)n(C)cc1C(=O)N1CCC(COc2ccncc2Cl)CC1. The number of aromatic nitrogens is 2. The number of carbonyl (C=O) groups is 1. The monoisotopic (exact) mass is 391 g/mol. The first kappa shape index (κ1) is 19.2. The van der Waals surface area contributed by atoms with Crippen LogP contribution in [0.3, 0.4) is 0 Å². The molecule has 0 unspecified atom stereocenters. The van der Waals surface area contributed by atoms with Crippen molar-refractivity contribution in [1.29, 1.82) is 0 Å². The molecule has 7 nitrogen and oxygen atoms in total. The highest BCUT2D eigenvalue weighted by molar-refractivity contribution is 6.31. The summed E-state index contributed by atoms with van der Waals surface area (Å²) in [5.74, 6) is 1.15. The smallest absolute Gasteiger partial charge is 0.259 e. The summed E-state index contributed by atoms with van der Waals surface area (Å²) in [5.41, 5.74) is 0.187. The number of likely N-dealkylation sites (tertiary alicyclic amines) is 1. The highest BCUT2D eigenvalue weighted by Gasteiger charge is 2.26. The lowest BCUT2D eigenvalue weighted by atomic mass is 9.97. The van der Waals surface area contributed by atoms with Gasteiger partial charge in [-0.05, 0) is 18.8 Å². The molecule has 0 N–H and O–H groups in total. The molecule has 8 heteroatoms. The average molecular weight is 392 g/mol. The van der Waals surface area contributed by atoms with Gasteiger partial charge in [0, 0.05) is 50.9 Å². The van der Waals surface area contributed by atoms with Crippen molar-refractivity contribution in [2.24, 2.45) is 13.0 Å². The molecule has 0 bridgehead atoms. The molecule has 3 heterocycles. The van der Waals surface area contributed by atoms with Gasteiger partial charge in [0.15, 0.2) is 0 Å². The zero-order chi connectivity index (χ0) is 19.4. The van der Waals surface area contributed by atoms with Gasteiger partial charge in [0.2, 0.25) is 0 Å². The van der Waals surface area contributed by atoms with E-state index in [9.17, 15) is 9.59 Å². The molecule has 1 saturated heterocycles. The molecular formula is C19H22ClN3O4. The van der Waals surface area contributed by atoms with Crippen molar-refractivity contribution < 1.29 is 14.3 Å². The largest absolute Gasteiger partial charge is 0.496 e. The molecule has 0 spiro atoms. The Morgan fingerprint density at radius 3 is 2.74 bits per heavy atom. The van der Waals surface area contributed by atoms with Crippen molar-refractivity contribution in [1.82, 2.24) is 14.5 Å². The molecule has 1 aliphatic rings. The van der Waals surface area contributed by atoms with E-state index < -0.39 is 0 Å². The van der Waals surface area contributed by atoms with Crippen LogP contribution in [0, 0.1) is 5.92 Å². The quantitative estimate of drug-likeness (QED) is 0.782. The average Bonchev–Trinajstić information content (AvgIpc) is 2.69. The van der Waals surface area contributed by atoms with Crippen LogP contribution in [0.4, 0.5) is 0 Å². The van der Waals surface area contributed by atoms with E-state index in [1.807, 2.05) is 0 Å². The third-order valence-electron chi connectivity index (χ3n) is 4.75. The van der Waals surface area contributed by atoms with Gasteiger partial charge < -0.3 is 18.9 Å². The van der Waals surface area contributed by atoms with Crippen LogP contribution in [0.5, 0.6) is 11.5 Å². The number of pyridine rings is 2. The highest BCUT2D eigenvalue weighted by Crippen LogP contribution is 2.26. The van der Waals surface area contributed by atoms with Gasteiger partial charge in [-0.3, -0.25) is 14.6 Å². The third kappa shape index (κ3) is 4.42. The van der Waals surface area contributed by atoms with E-state index in [1.165, 1.54) is 23.9 Å². The van der Waals surface area contributed by atoms with Crippen LogP contribution in [0.2, 0.25) is 5.02 Å². The number of aryl methyl sites for hydroxylation is 1. The number of halogens is 1. The summed E-state index contributed by atoms with van der Waals surface area (Å²) in [7, 11) is 3.08. The molecule has 1 aliphatic heterocycles. The molecule has 144 valence electrons. The third-order valence-corrected chi connectivity index (χ3v) is 5.04. The topological polar surface area (TPSA) is 73.7 Å². The van der Waals surface area contributed by atoms with Crippen LogP contribution >= 0.6 is 11.6 Å². The summed E-state index contributed by atoms with van der Waals surface area (Å²) in [6.07, 6.45) is 6.40. The van der Waals surface area contributed by atoms with Crippen LogP contribution < -0.4 is 15.0 Å². The zero-order valence-corrected chi connectivity index (χ0v) is 16.1. The maximum atomic E-state index is 12.8. The number of hydrogen-bond acceptors (Lipinski definition) is 5. The van der Waals surface area contributed by atoms with Crippen molar-refractivity contribution >= 4 is 17.5 Å². The first-order chi connectivity index (χ1) is 13.0. The predicted octanol–water partition coefficient (Wildman–Crippen LogP) is 2.37. The molecule has 2 aromatic rings. The Balaban J connectivity index is 1.59.